The lowest BCUT2D eigenvalue weighted by molar-refractivity contribution is 0.425. The molecule has 0 aliphatic rings. The highest BCUT2D eigenvalue weighted by Gasteiger charge is 2.13. The van der Waals surface area contributed by atoms with E-state index in [0.29, 0.717) is 0 Å². The Kier molecular flexibility index (Phi) is 5.19. The fourth-order valence-electron chi connectivity index (χ4n) is 3.05. The minimum absolute atomic E-state index is 0.894. The molecule has 0 saturated heterocycles. The number of H-pyrrole nitrogens is 1. The fraction of sp³-hybridized carbons (Fsp3) is 0.286. The summed E-state index contributed by atoms with van der Waals surface area (Å²) < 4.78 is 0. The largest absolute Gasteiger partial charge is 0.381 e. The molecule has 0 aliphatic heterocycles. The van der Waals surface area contributed by atoms with E-state index in [1.807, 2.05) is 19.9 Å². The van der Waals surface area contributed by atoms with Crippen molar-refractivity contribution in [3.05, 3.63) is 48.5 Å². The van der Waals surface area contributed by atoms with Crippen LogP contribution in [0.25, 0.3) is 32.8 Å². The topological polar surface area (TPSA) is 44.0 Å². The molecule has 130 valence electrons. The molecule has 0 atom stereocenters. The SMILES string of the molecule is CC.CN(C)CCNc1c2ccccc2nc2c1[nH]c1ccccc12. The summed E-state index contributed by atoms with van der Waals surface area (Å²) in [6, 6.07) is 16.7. The molecule has 0 radical (unpaired) electrons. The lowest BCUT2D eigenvalue weighted by atomic mass is 10.1. The number of likely N-dealkylation sites (N-methyl/N-ethyl adjacent to an activating group) is 1. The van der Waals surface area contributed by atoms with Gasteiger partial charge in [0.15, 0.2) is 0 Å². The Morgan fingerprint density at radius 3 is 2.40 bits per heavy atom. The van der Waals surface area contributed by atoms with Crippen LogP contribution in [0.3, 0.4) is 0 Å². The van der Waals surface area contributed by atoms with E-state index in [2.05, 4.69) is 71.8 Å². The van der Waals surface area contributed by atoms with Crippen LogP contribution >= 0.6 is 0 Å². The van der Waals surface area contributed by atoms with Crippen molar-refractivity contribution in [2.45, 2.75) is 13.8 Å². The molecule has 2 heterocycles. The van der Waals surface area contributed by atoms with Gasteiger partial charge in [0, 0.05) is 29.4 Å². The number of nitrogens with zero attached hydrogens (tertiary/aromatic N) is 2. The van der Waals surface area contributed by atoms with Crippen molar-refractivity contribution in [2.24, 2.45) is 0 Å². The third-order valence-electron chi connectivity index (χ3n) is 4.20. The van der Waals surface area contributed by atoms with Gasteiger partial charge in [-0.1, -0.05) is 50.2 Å². The molecule has 0 amide bonds. The Morgan fingerprint density at radius 2 is 1.64 bits per heavy atom. The first-order valence-corrected chi connectivity index (χ1v) is 8.92. The van der Waals surface area contributed by atoms with E-state index < -0.39 is 0 Å². The Bertz CT molecular complexity index is 985. The van der Waals surface area contributed by atoms with Crippen molar-refractivity contribution >= 4 is 38.5 Å². The Balaban J connectivity index is 0.000000880. The summed E-state index contributed by atoms with van der Waals surface area (Å²) in [7, 11) is 4.18. The van der Waals surface area contributed by atoms with Gasteiger partial charge in [0.05, 0.1) is 22.2 Å². The number of pyridine rings is 1. The first-order chi connectivity index (χ1) is 12.2. The molecule has 0 fully saturated rings. The van der Waals surface area contributed by atoms with Crippen LogP contribution in [0, 0.1) is 0 Å². The van der Waals surface area contributed by atoms with Crippen LogP contribution < -0.4 is 5.32 Å². The number of aromatic amines is 1. The molecule has 4 aromatic rings. The van der Waals surface area contributed by atoms with Crippen molar-refractivity contribution in [3.8, 4) is 0 Å². The number of benzene rings is 2. The predicted molar refractivity (Wildman–Crippen MR) is 109 cm³/mol. The number of nitrogens with one attached hydrogen (secondary N) is 2. The quantitative estimate of drug-likeness (QED) is 0.559. The maximum Gasteiger partial charge on any atom is 0.0986 e. The van der Waals surface area contributed by atoms with Crippen molar-refractivity contribution < 1.29 is 0 Å². The second-order valence-corrected chi connectivity index (χ2v) is 6.13. The molecule has 2 aromatic carbocycles. The number of anilines is 1. The first kappa shape index (κ1) is 17.2. The summed E-state index contributed by atoms with van der Waals surface area (Å²) in [6.45, 7) is 5.88. The van der Waals surface area contributed by atoms with Crippen molar-refractivity contribution in [3.63, 3.8) is 0 Å². The molecule has 4 nitrogen and oxygen atoms in total. The van der Waals surface area contributed by atoms with Crippen LogP contribution in [0.15, 0.2) is 48.5 Å². The van der Waals surface area contributed by atoms with E-state index in [9.17, 15) is 0 Å². The number of hydrogen-bond acceptors (Lipinski definition) is 3. The van der Waals surface area contributed by atoms with Crippen LogP contribution in [0.2, 0.25) is 0 Å². The second-order valence-electron chi connectivity index (χ2n) is 6.13. The van der Waals surface area contributed by atoms with Crippen LogP contribution in [0.4, 0.5) is 5.69 Å². The summed E-state index contributed by atoms with van der Waals surface area (Å²) in [4.78, 5) is 10.6. The smallest absolute Gasteiger partial charge is 0.0986 e. The lowest BCUT2D eigenvalue weighted by Crippen LogP contribution is -2.21. The lowest BCUT2D eigenvalue weighted by Gasteiger charge is -2.14. The molecule has 0 spiro atoms. The number of aromatic nitrogens is 2. The van der Waals surface area contributed by atoms with Crippen LogP contribution in [0.1, 0.15) is 13.8 Å². The minimum Gasteiger partial charge on any atom is -0.381 e. The zero-order valence-electron chi connectivity index (χ0n) is 15.4. The van der Waals surface area contributed by atoms with Gasteiger partial charge < -0.3 is 15.2 Å². The number of hydrogen-bond donors (Lipinski definition) is 2. The second kappa shape index (κ2) is 7.53. The van der Waals surface area contributed by atoms with E-state index in [-0.39, 0.29) is 0 Å². The van der Waals surface area contributed by atoms with Gasteiger partial charge in [0.1, 0.15) is 0 Å². The number of para-hydroxylation sites is 2. The maximum absolute atomic E-state index is 4.89. The molecule has 2 N–H and O–H groups in total. The van der Waals surface area contributed by atoms with Crippen molar-refractivity contribution in [1.29, 1.82) is 0 Å². The Morgan fingerprint density at radius 1 is 0.960 bits per heavy atom. The summed E-state index contributed by atoms with van der Waals surface area (Å²) >= 11 is 0. The summed E-state index contributed by atoms with van der Waals surface area (Å²) in [5, 5.41) is 5.94. The third kappa shape index (κ3) is 3.30. The average Bonchev–Trinajstić information content (AvgIpc) is 3.01. The van der Waals surface area contributed by atoms with Gasteiger partial charge in [-0.3, -0.25) is 0 Å². The standard InChI is InChI=1S/C19H20N4.C2H6/c1-23(2)12-11-20-17-13-7-3-5-9-15(13)21-18-14-8-4-6-10-16(14)22-19(17)18;1-2/h3-10,22H,11-12H2,1-2H3,(H,20,21);1-2H3. The minimum atomic E-state index is 0.894. The van der Waals surface area contributed by atoms with E-state index in [1.54, 1.807) is 0 Å². The Labute approximate surface area is 148 Å². The third-order valence-corrected chi connectivity index (χ3v) is 4.20. The van der Waals surface area contributed by atoms with Crippen LogP contribution in [-0.2, 0) is 0 Å². The zero-order chi connectivity index (χ0) is 17.8. The van der Waals surface area contributed by atoms with Gasteiger partial charge in [-0.25, -0.2) is 4.98 Å². The normalized spacial score (nSPS) is 11.1. The first-order valence-electron chi connectivity index (χ1n) is 8.92. The van der Waals surface area contributed by atoms with Gasteiger partial charge in [-0.15, -0.1) is 0 Å². The van der Waals surface area contributed by atoms with Crippen LogP contribution in [0.5, 0.6) is 0 Å². The van der Waals surface area contributed by atoms with E-state index in [1.165, 1.54) is 5.39 Å². The highest BCUT2D eigenvalue weighted by molar-refractivity contribution is 6.15. The Hall–Kier alpha value is -2.59. The van der Waals surface area contributed by atoms with E-state index in [0.717, 1.165) is 46.2 Å². The molecular weight excluding hydrogens is 308 g/mol. The molecule has 4 heteroatoms. The zero-order valence-corrected chi connectivity index (χ0v) is 15.4. The van der Waals surface area contributed by atoms with Gasteiger partial charge in [-0.05, 0) is 26.2 Å². The number of fused-ring (bicyclic) bond motifs is 4. The summed E-state index contributed by atoms with van der Waals surface area (Å²) in [5.74, 6) is 0. The molecular formula is C21H26N4. The molecule has 25 heavy (non-hydrogen) atoms. The monoisotopic (exact) mass is 334 g/mol. The molecule has 4 rings (SSSR count). The predicted octanol–water partition coefficient (Wildman–Crippen LogP) is 4.87. The van der Waals surface area contributed by atoms with E-state index >= 15 is 0 Å². The molecule has 0 aliphatic carbocycles. The fourth-order valence-corrected chi connectivity index (χ4v) is 3.05. The molecule has 0 saturated carbocycles. The van der Waals surface area contributed by atoms with Crippen molar-refractivity contribution in [2.75, 3.05) is 32.5 Å². The highest BCUT2D eigenvalue weighted by Crippen LogP contribution is 2.34. The van der Waals surface area contributed by atoms with Gasteiger partial charge in [0.25, 0.3) is 0 Å². The van der Waals surface area contributed by atoms with Gasteiger partial charge >= 0.3 is 0 Å². The molecule has 0 bridgehead atoms. The highest BCUT2D eigenvalue weighted by atomic mass is 15.1. The summed E-state index contributed by atoms with van der Waals surface area (Å²) in [5.41, 5.74) is 5.41. The van der Waals surface area contributed by atoms with Gasteiger partial charge in [0.2, 0.25) is 0 Å². The number of rotatable bonds is 4. The maximum atomic E-state index is 4.89. The van der Waals surface area contributed by atoms with Crippen LogP contribution in [-0.4, -0.2) is 42.1 Å². The molecule has 0 unspecified atom stereocenters. The van der Waals surface area contributed by atoms with Gasteiger partial charge in [-0.2, -0.15) is 0 Å². The van der Waals surface area contributed by atoms with Crippen molar-refractivity contribution in [1.82, 2.24) is 14.9 Å². The molecule has 2 aromatic heterocycles. The average molecular weight is 334 g/mol. The van der Waals surface area contributed by atoms with E-state index in [4.69, 9.17) is 4.98 Å². The summed E-state index contributed by atoms with van der Waals surface area (Å²) in [6.07, 6.45) is 0.